The fourth-order valence-corrected chi connectivity index (χ4v) is 5.44. The van der Waals surface area contributed by atoms with Gasteiger partial charge in [-0.2, -0.15) is 0 Å². The van der Waals surface area contributed by atoms with Crippen LogP contribution in [0.2, 0.25) is 0 Å². The number of ether oxygens (including phenoxy) is 1. The highest BCUT2D eigenvalue weighted by molar-refractivity contribution is 7.20. The number of aryl methyl sites for hydroxylation is 2. The summed E-state index contributed by atoms with van der Waals surface area (Å²) in [6.45, 7) is 3.17. The van der Waals surface area contributed by atoms with E-state index in [0.29, 0.717) is 45.9 Å². The Morgan fingerprint density at radius 3 is 2.58 bits per heavy atom. The molecule has 0 aliphatic carbocycles. The molecule has 1 fully saturated rings. The second-order valence-electron chi connectivity index (χ2n) is 8.06. The minimum absolute atomic E-state index is 0.0608. The summed E-state index contributed by atoms with van der Waals surface area (Å²) >= 11 is 1.22. The second kappa shape index (κ2) is 7.92. The molecule has 1 aromatic carbocycles. The molecule has 31 heavy (non-hydrogen) atoms. The topological polar surface area (TPSA) is 81.5 Å². The van der Waals surface area contributed by atoms with Crippen molar-refractivity contribution in [2.24, 2.45) is 0 Å². The maximum atomic E-state index is 13.1. The largest absolute Gasteiger partial charge is 0.422 e. The minimum Gasteiger partial charge on any atom is -0.422 e. The van der Waals surface area contributed by atoms with E-state index in [1.165, 1.54) is 11.3 Å². The lowest BCUT2D eigenvalue weighted by molar-refractivity contribution is -0.117. The maximum Gasteiger partial charge on any atom is 0.354 e. The van der Waals surface area contributed by atoms with Gasteiger partial charge in [-0.3, -0.25) is 14.2 Å². The SMILES string of the molecule is Cc1c(C(=O)Oc2ccc(N3CCCC3=O)cc2)sc2nc3n(c(=O)c12)CCCCC3. The molecule has 0 radical (unpaired) electrons. The number of carbonyl (C=O) groups excluding carboxylic acids is 2. The molecule has 0 unspecified atom stereocenters. The molecule has 7 nitrogen and oxygen atoms in total. The van der Waals surface area contributed by atoms with Crippen LogP contribution in [0.5, 0.6) is 5.75 Å². The molecule has 1 saturated heterocycles. The van der Waals surface area contributed by atoms with Gasteiger partial charge in [0.05, 0.1) is 5.39 Å². The van der Waals surface area contributed by atoms with Crippen molar-refractivity contribution in [3.63, 3.8) is 0 Å². The Kier molecular flexibility index (Phi) is 5.09. The van der Waals surface area contributed by atoms with Crippen LogP contribution in [0.15, 0.2) is 29.1 Å². The number of anilines is 1. The van der Waals surface area contributed by atoms with E-state index >= 15 is 0 Å². The lowest BCUT2D eigenvalue weighted by Gasteiger charge is -2.15. The molecule has 2 aliphatic heterocycles. The number of fused-ring (bicyclic) bond motifs is 2. The first-order chi connectivity index (χ1) is 15.0. The summed E-state index contributed by atoms with van der Waals surface area (Å²) in [4.78, 5) is 45.3. The van der Waals surface area contributed by atoms with Gasteiger partial charge in [-0.25, -0.2) is 9.78 Å². The lowest BCUT2D eigenvalue weighted by atomic mass is 10.2. The van der Waals surface area contributed by atoms with Crippen LogP contribution in [0.3, 0.4) is 0 Å². The third kappa shape index (κ3) is 3.54. The summed E-state index contributed by atoms with van der Waals surface area (Å²) < 4.78 is 7.34. The van der Waals surface area contributed by atoms with E-state index in [1.54, 1.807) is 40.7 Å². The van der Waals surface area contributed by atoms with Gasteiger partial charge in [0.25, 0.3) is 5.56 Å². The Labute approximate surface area is 183 Å². The number of hydrogen-bond donors (Lipinski definition) is 0. The van der Waals surface area contributed by atoms with Crippen LogP contribution in [0.1, 0.15) is 53.2 Å². The van der Waals surface area contributed by atoms with E-state index in [-0.39, 0.29) is 11.5 Å². The summed E-state index contributed by atoms with van der Waals surface area (Å²) in [7, 11) is 0. The van der Waals surface area contributed by atoms with E-state index in [2.05, 4.69) is 0 Å². The number of amides is 1. The van der Waals surface area contributed by atoms with Crippen molar-refractivity contribution in [3.8, 4) is 5.75 Å². The highest BCUT2D eigenvalue weighted by Crippen LogP contribution is 2.30. The van der Waals surface area contributed by atoms with Gasteiger partial charge in [0.2, 0.25) is 5.91 Å². The summed E-state index contributed by atoms with van der Waals surface area (Å²) in [6.07, 6.45) is 5.30. The van der Waals surface area contributed by atoms with Crippen LogP contribution in [0, 0.1) is 6.92 Å². The molecule has 1 amide bonds. The molecule has 8 heteroatoms. The van der Waals surface area contributed by atoms with Crippen LogP contribution >= 0.6 is 11.3 Å². The predicted octanol–water partition coefficient (Wildman–Crippen LogP) is 3.84. The zero-order valence-electron chi connectivity index (χ0n) is 17.3. The van der Waals surface area contributed by atoms with E-state index < -0.39 is 5.97 Å². The summed E-state index contributed by atoms with van der Waals surface area (Å²) in [5.74, 6) is 0.828. The van der Waals surface area contributed by atoms with Gasteiger partial charge in [0, 0.05) is 31.6 Å². The van der Waals surface area contributed by atoms with Gasteiger partial charge >= 0.3 is 5.97 Å². The zero-order valence-corrected chi connectivity index (χ0v) is 18.2. The summed E-state index contributed by atoms with van der Waals surface area (Å²) in [5.41, 5.74) is 1.37. The molecule has 5 rings (SSSR count). The van der Waals surface area contributed by atoms with Crippen molar-refractivity contribution in [1.29, 1.82) is 0 Å². The quantitative estimate of drug-likeness (QED) is 0.459. The normalized spacial score (nSPS) is 16.4. The van der Waals surface area contributed by atoms with Crippen molar-refractivity contribution in [2.75, 3.05) is 11.4 Å². The van der Waals surface area contributed by atoms with E-state index in [9.17, 15) is 14.4 Å². The smallest absolute Gasteiger partial charge is 0.354 e. The van der Waals surface area contributed by atoms with Crippen molar-refractivity contribution in [1.82, 2.24) is 9.55 Å². The number of benzene rings is 1. The number of aromatic nitrogens is 2. The monoisotopic (exact) mass is 437 g/mol. The van der Waals surface area contributed by atoms with Gasteiger partial charge in [0.15, 0.2) is 0 Å². The molecule has 0 spiro atoms. The summed E-state index contributed by atoms with van der Waals surface area (Å²) in [5, 5.41) is 0.519. The van der Waals surface area contributed by atoms with Crippen LogP contribution in [0.25, 0.3) is 10.2 Å². The highest BCUT2D eigenvalue weighted by Gasteiger charge is 2.24. The third-order valence-electron chi connectivity index (χ3n) is 6.03. The average Bonchev–Trinajstić information content (AvgIpc) is 3.23. The standard InChI is InChI=1S/C23H23N3O4S/c1-14-19-21(24-17-6-3-2-4-12-26(17)22(19)28)31-20(14)23(29)30-16-10-8-15(9-11-16)25-13-5-7-18(25)27/h8-11H,2-7,12-13H2,1H3. The van der Waals surface area contributed by atoms with Crippen molar-refractivity contribution in [2.45, 2.75) is 52.0 Å². The molecule has 2 aromatic heterocycles. The van der Waals surface area contributed by atoms with Crippen LogP contribution < -0.4 is 15.2 Å². The van der Waals surface area contributed by atoms with E-state index in [1.807, 2.05) is 0 Å². The first-order valence-electron chi connectivity index (χ1n) is 10.7. The first-order valence-corrected chi connectivity index (χ1v) is 11.5. The van der Waals surface area contributed by atoms with Gasteiger partial charge in [-0.05, 0) is 56.0 Å². The Balaban J connectivity index is 1.42. The van der Waals surface area contributed by atoms with Crippen LogP contribution in [-0.4, -0.2) is 28.0 Å². The zero-order chi connectivity index (χ0) is 21.5. The number of esters is 1. The minimum atomic E-state index is -0.495. The van der Waals surface area contributed by atoms with E-state index in [0.717, 1.165) is 43.6 Å². The van der Waals surface area contributed by atoms with Gasteiger partial charge < -0.3 is 9.64 Å². The Bertz CT molecular complexity index is 1240. The molecule has 4 heterocycles. The molecule has 0 N–H and O–H groups in total. The van der Waals surface area contributed by atoms with Crippen LogP contribution in [0.4, 0.5) is 5.69 Å². The van der Waals surface area contributed by atoms with Gasteiger partial charge in [-0.1, -0.05) is 6.42 Å². The number of carbonyl (C=O) groups is 2. The van der Waals surface area contributed by atoms with Gasteiger partial charge in [-0.15, -0.1) is 11.3 Å². The fraction of sp³-hybridized carbons (Fsp3) is 0.391. The number of hydrogen-bond acceptors (Lipinski definition) is 6. The molecule has 0 atom stereocenters. The van der Waals surface area contributed by atoms with E-state index in [4.69, 9.17) is 9.72 Å². The first kappa shape index (κ1) is 19.9. The maximum absolute atomic E-state index is 13.1. The third-order valence-corrected chi connectivity index (χ3v) is 7.19. The van der Waals surface area contributed by atoms with Gasteiger partial charge in [0.1, 0.15) is 21.3 Å². The predicted molar refractivity (Wildman–Crippen MR) is 119 cm³/mol. The molecule has 0 saturated carbocycles. The Morgan fingerprint density at radius 1 is 1.03 bits per heavy atom. The molecular weight excluding hydrogens is 414 g/mol. The molecule has 3 aromatic rings. The molecule has 0 bridgehead atoms. The number of nitrogens with zero attached hydrogens (tertiary/aromatic N) is 3. The Morgan fingerprint density at radius 2 is 1.84 bits per heavy atom. The average molecular weight is 438 g/mol. The Hall–Kier alpha value is -3.00. The van der Waals surface area contributed by atoms with Crippen LogP contribution in [-0.2, 0) is 17.8 Å². The fourth-order valence-electron chi connectivity index (χ4n) is 4.37. The highest BCUT2D eigenvalue weighted by atomic mass is 32.1. The summed E-state index contributed by atoms with van der Waals surface area (Å²) in [6, 6.07) is 6.96. The lowest BCUT2D eigenvalue weighted by Crippen LogP contribution is -2.24. The molecular formula is C23H23N3O4S. The molecule has 2 aliphatic rings. The number of rotatable bonds is 3. The second-order valence-corrected chi connectivity index (χ2v) is 9.06. The molecule has 160 valence electrons. The number of thiophene rings is 1. The van der Waals surface area contributed by atoms with Crippen molar-refractivity contribution >= 4 is 39.1 Å². The van der Waals surface area contributed by atoms with Crippen molar-refractivity contribution < 1.29 is 14.3 Å². The van der Waals surface area contributed by atoms with Crippen molar-refractivity contribution in [3.05, 3.63) is 50.9 Å².